The quantitative estimate of drug-likeness (QED) is 0.247. The number of halogens is 2. The normalized spacial score (nSPS) is 14.3. The summed E-state index contributed by atoms with van der Waals surface area (Å²) in [7, 11) is 0. The molecule has 228 valence electrons. The molecule has 1 atom stereocenters. The van der Waals surface area contributed by atoms with E-state index in [1.165, 1.54) is 74.3 Å². The van der Waals surface area contributed by atoms with Gasteiger partial charge in [0, 0.05) is 0 Å². The fourth-order valence-electron chi connectivity index (χ4n) is 5.11. The molecule has 1 unspecified atom stereocenters. The predicted molar refractivity (Wildman–Crippen MR) is 179 cm³/mol. The topological polar surface area (TPSA) is 0 Å². The predicted octanol–water partition coefficient (Wildman–Crippen LogP) is 4.32. The van der Waals surface area contributed by atoms with Crippen molar-refractivity contribution in [3.63, 3.8) is 0 Å². The van der Waals surface area contributed by atoms with Crippen LogP contribution in [-0.2, 0) is 47.9 Å². The molecule has 0 saturated heterocycles. The van der Waals surface area contributed by atoms with Gasteiger partial charge in [0.1, 0.15) is 0 Å². The van der Waals surface area contributed by atoms with E-state index < -0.39 is 0 Å². The van der Waals surface area contributed by atoms with Gasteiger partial charge in [-0.1, -0.05) is 119 Å². The average molecular weight is 699 g/mol. The molecule has 0 nitrogen and oxygen atoms in total. The molecular formula is C41H44Cl2Zr-2. The van der Waals surface area contributed by atoms with Crippen LogP contribution in [0.3, 0.4) is 0 Å². The fourth-order valence-corrected chi connectivity index (χ4v) is 5.69. The van der Waals surface area contributed by atoms with Crippen LogP contribution in [0.1, 0.15) is 81.8 Å². The van der Waals surface area contributed by atoms with Gasteiger partial charge in [0.15, 0.2) is 0 Å². The van der Waals surface area contributed by atoms with Crippen molar-refractivity contribution in [2.45, 2.75) is 72.1 Å². The van der Waals surface area contributed by atoms with E-state index in [1.54, 1.807) is 0 Å². The molecule has 4 aromatic carbocycles. The van der Waals surface area contributed by atoms with Crippen LogP contribution in [0.4, 0.5) is 0 Å². The van der Waals surface area contributed by atoms with Crippen molar-refractivity contribution in [1.82, 2.24) is 0 Å². The molecule has 0 aliphatic heterocycles. The number of rotatable bonds is 3. The van der Waals surface area contributed by atoms with Crippen LogP contribution in [0.15, 0.2) is 103 Å². The monoisotopic (exact) mass is 696 g/mol. The third kappa shape index (κ3) is 10.4. The first-order valence-electron chi connectivity index (χ1n) is 15.0. The zero-order valence-corrected chi connectivity index (χ0v) is 31.1. The molecule has 2 aliphatic carbocycles. The maximum atomic E-state index is 3.53. The molecule has 2 aliphatic rings. The van der Waals surface area contributed by atoms with Gasteiger partial charge in [-0.2, -0.15) is 41.0 Å². The van der Waals surface area contributed by atoms with E-state index >= 15 is 0 Å². The van der Waals surface area contributed by atoms with Crippen molar-refractivity contribution in [2.75, 3.05) is 0 Å². The van der Waals surface area contributed by atoms with Gasteiger partial charge in [-0.05, 0) is 17.4 Å². The van der Waals surface area contributed by atoms with Gasteiger partial charge in [-0.3, -0.25) is 6.08 Å². The van der Waals surface area contributed by atoms with Crippen molar-refractivity contribution in [3.8, 4) is 11.1 Å². The molecule has 44 heavy (non-hydrogen) atoms. The number of allylic oxidation sites excluding steroid dienone is 4. The van der Waals surface area contributed by atoms with Crippen LogP contribution in [-0.4, -0.2) is 3.71 Å². The Morgan fingerprint density at radius 2 is 1.36 bits per heavy atom. The third-order valence-corrected chi connectivity index (χ3v) is 8.25. The summed E-state index contributed by atoms with van der Waals surface area (Å²) in [5.74, 6) is 0.472. The van der Waals surface area contributed by atoms with Crippen molar-refractivity contribution >= 4 is 9.28 Å². The summed E-state index contributed by atoms with van der Waals surface area (Å²) >= 11 is 1.51. The molecule has 6 rings (SSSR count). The van der Waals surface area contributed by atoms with Gasteiger partial charge >= 0.3 is 70.3 Å². The van der Waals surface area contributed by atoms with E-state index in [-0.39, 0.29) is 35.6 Å². The molecule has 0 aromatic heterocycles. The number of hydrogen-bond donors (Lipinski definition) is 0. The van der Waals surface area contributed by atoms with E-state index in [2.05, 4.69) is 155 Å². The Balaban J connectivity index is 0.000000250. The van der Waals surface area contributed by atoms with Crippen molar-refractivity contribution < 1.29 is 49.0 Å². The first kappa shape index (κ1) is 37.9. The van der Waals surface area contributed by atoms with Gasteiger partial charge < -0.3 is 24.8 Å². The minimum atomic E-state index is 0. The molecule has 0 spiro atoms. The van der Waals surface area contributed by atoms with Crippen molar-refractivity contribution in [2.24, 2.45) is 5.92 Å². The first-order chi connectivity index (χ1) is 20.0. The Morgan fingerprint density at radius 1 is 0.773 bits per heavy atom. The molecule has 3 heteroatoms. The van der Waals surface area contributed by atoms with Gasteiger partial charge in [-0.15, -0.1) is 11.1 Å². The second kappa shape index (κ2) is 16.8. The van der Waals surface area contributed by atoms with Gasteiger partial charge in [0.05, 0.1) is 0 Å². The summed E-state index contributed by atoms with van der Waals surface area (Å²) in [6.45, 7) is 15.8. The van der Waals surface area contributed by atoms with Gasteiger partial charge in [0.25, 0.3) is 0 Å². The Hall–Kier alpha value is -2.31. The third-order valence-electron chi connectivity index (χ3n) is 7.75. The molecule has 0 bridgehead atoms. The SMILES string of the molecule is CC(C)(C)c1c[c-]c2c(c1)-c1cc(C(C)(C)C)ccc1C2.CC1[C-]=CC(c2ccccc2)=C1.[Cl-].[Cl-].[Zr+2]=[CH]Cc1ccccc1. The second-order valence-corrected chi connectivity index (χ2v) is 14.3. The van der Waals surface area contributed by atoms with E-state index in [4.69, 9.17) is 0 Å². The standard InChI is InChI=1S/C21H25.C12H11.C8H8.2ClH.Zr/c1-20(2,3)16-9-7-14-11-15-8-10-17(21(4,5)6)13-19(15)18(14)12-16;1-10-7-8-12(9-10)11-5-3-2-4-6-11;1-2-8-6-4-3-5-7-8;;;/h7,9-10,12-13H,11H2,1-6H3;2-6,8-10H,1H3;1,3-7H,2H2;2*1H;/q2*-1;;;;+2/p-2. The van der Waals surface area contributed by atoms with E-state index in [0.29, 0.717) is 5.92 Å². The summed E-state index contributed by atoms with van der Waals surface area (Å²) in [6.07, 6.45) is 9.70. The van der Waals surface area contributed by atoms with Crippen LogP contribution in [0.5, 0.6) is 0 Å². The molecule has 0 saturated carbocycles. The van der Waals surface area contributed by atoms with Crippen LogP contribution in [0.2, 0.25) is 0 Å². The van der Waals surface area contributed by atoms with E-state index in [0.717, 1.165) is 12.8 Å². The Bertz CT molecular complexity index is 1490. The van der Waals surface area contributed by atoms with Gasteiger partial charge in [-0.25, -0.2) is 6.08 Å². The van der Waals surface area contributed by atoms with Crippen LogP contribution >= 0.6 is 0 Å². The van der Waals surface area contributed by atoms with Crippen LogP contribution in [0, 0.1) is 18.1 Å². The minimum absolute atomic E-state index is 0. The van der Waals surface area contributed by atoms with E-state index in [1.807, 2.05) is 12.1 Å². The summed E-state index contributed by atoms with van der Waals surface area (Å²) < 4.78 is 2.25. The second-order valence-electron chi connectivity index (χ2n) is 13.3. The van der Waals surface area contributed by atoms with Crippen LogP contribution < -0.4 is 24.8 Å². The van der Waals surface area contributed by atoms with E-state index in [9.17, 15) is 0 Å². The first-order valence-corrected chi connectivity index (χ1v) is 16.5. The maximum absolute atomic E-state index is 3.53. The molecule has 0 heterocycles. The fraction of sp³-hybridized carbons (Fsp3) is 0.293. The Morgan fingerprint density at radius 3 is 1.91 bits per heavy atom. The number of fused-ring (bicyclic) bond motifs is 3. The summed E-state index contributed by atoms with van der Waals surface area (Å²) in [4.78, 5) is 0. The van der Waals surface area contributed by atoms with Crippen molar-refractivity contribution in [1.29, 1.82) is 0 Å². The number of benzene rings is 4. The Kier molecular flexibility index (Phi) is 14.5. The molecule has 0 radical (unpaired) electrons. The number of hydrogen-bond acceptors (Lipinski definition) is 0. The molecular weight excluding hydrogens is 655 g/mol. The molecule has 4 aromatic rings. The van der Waals surface area contributed by atoms with Gasteiger partial charge in [0.2, 0.25) is 0 Å². The Labute approximate surface area is 294 Å². The zero-order chi connectivity index (χ0) is 30.3. The molecule has 0 amide bonds. The summed E-state index contributed by atoms with van der Waals surface area (Å²) in [5.41, 5.74) is 12.8. The van der Waals surface area contributed by atoms with Crippen molar-refractivity contribution in [3.05, 3.63) is 149 Å². The van der Waals surface area contributed by atoms with Crippen LogP contribution in [0.25, 0.3) is 16.7 Å². The summed E-state index contributed by atoms with van der Waals surface area (Å²) in [6, 6.07) is 36.0. The summed E-state index contributed by atoms with van der Waals surface area (Å²) in [5, 5.41) is 0. The molecule has 0 N–H and O–H groups in total. The molecule has 0 fully saturated rings. The average Bonchev–Trinajstić information content (AvgIpc) is 3.57. The zero-order valence-electron chi connectivity index (χ0n) is 27.1.